The molecule has 6 nitrogen and oxygen atoms in total. The zero-order valence-corrected chi connectivity index (χ0v) is 11.5. The Hall–Kier alpha value is -0.660. The van der Waals surface area contributed by atoms with E-state index in [-0.39, 0.29) is 12.3 Å². The van der Waals surface area contributed by atoms with Crippen molar-refractivity contribution in [2.75, 3.05) is 25.7 Å². The van der Waals surface area contributed by atoms with Crippen LogP contribution in [0.5, 0.6) is 0 Å². The molecular formula is C10H16BrNO5. The molecule has 0 radical (unpaired) electrons. The van der Waals surface area contributed by atoms with Crippen LogP contribution in [-0.2, 0) is 24.1 Å². The number of rotatable bonds is 5. The van der Waals surface area contributed by atoms with Gasteiger partial charge in [0.15, 0.2) is 5.60 Å². The second-order valence-corrected chi connectivity index (χ2v) is 4.04. The number of oxime groups is 1. The van der Waals surface area contributed by atoms with Crippen molar-refractivity contribution in [3.8, 4) is 0 Å². The van der Waals surface area contributed by atoms with Crippen LogP contribution in [0.2, 0.25) is 0 Å². The molecule has 0 amide bonds. The Bertz CT molecular complexity index is 288. The summed E-state index contributed by atoms with van der Waals surface area (Å²) in [6.07, 6.45) is 1.38. The SMILES string of the molecule is CCOC(=O)/C(=N\OC)C1(CBr)CCCOO1. The summed E-state index contributed by atoms with van der Waals surface area (Å²) in [6.45, 7) is 2.49. The lowest BCUT2D eigenvalue weighted by atomic mass is 9.93. The monoisotopic (exact) mass is 309 g/mol. The van der Waals surface area contributed by atoms with E-state index in [4.69, 9.17) is 14.5 Å². The number of esters is 1. The van der Waals surface area contributed by atoms with Crippen molar-refractivity contribution in [1.82, 2.24) is 0 Å². The van der Waals surface area contributed by atoms with Gasteiger partial charge < -0.3 is 9.57 Å². The summed E-state index contributed by atoms with van der Waals surface area (Å²) in [5.74, 6) is -0.556. The molecule has 1 saturated heterocycles. The Morgan fingerprint density at radius 2 is 2.35 bits per heavy atom. The molecule has 1 atom stereocenters. The molecule has 1 aliphatic heterocycles. The highest BCUT2D eigenvalue weighted by atomic mass is 79.9. The number of carbonyl (C=O) groups is 1. The van der Waals surface area contributed by atoms with Crippen LogP contribution in [0.1, 0.15) is 19.8 Å². The minimum Gasteiger partial charge on any atom is -0.461 e. The van der Waals surface area contributed by atoms with Crippen LogP contribution in [0.25, 0.3) is 0 Å². The van der Waals surface area contributed by atoms with E-state index in [2.05, 4.69) is 25.9 Å². The first-order chi connectivity index (χ1) is 8.20. The number of nitrogens with zero attached hydrogens (tertiary/aromatic N) is 1. The van der Waals surface area contributed by atoms with E-state index in [1.54, 1.807) is 6.92 Å². The smallest absolute Gasteiger partial charge is 0.359 e. The summed E-state index contributed by atoms with van der Waals surface area (Å²) in [6, 6.07) is 0. The van der Waals surface area contributed by atoms with Crippen LogP contribution < -0.4 is 0 Å². The molecule has 1 aliphatic rings. The molecule has 1 fully saturated rings. The van der Waals surface area contributed by atoms with Gasteiger partial charge in [0.25, 0.3) is 0 Å². The van der Waals surface area contributed by atoms with Crippen LogP contribution in [0, 0.1) is 0 Å². The predicted octanol–water partition coefficient (Wildman–Crippen LogP) is 1.43. The summed E-state index contributed by atoms with van der Waals surface area (Å²) in [4.78, 5) is 26.7. The maximum absolute atomic E-state index is 11.8. The van der Waals surface area contributed by atoms with E-state index in [0.29, 0.717) is 18.4 Å². The summed E-state index contributed by atoms with van der Waals surface area (Å²) < 4.78 is 4.93. The third-order valence-corrected chi connectivity index (χ3v) is 3.23. The first-order valence-electron chi connectivity index (χ1n) is 5.35. The number of hydrogen-bond donors (Lipinski definition) is 0. The molecule has 98 valence electrons. The highest BCUT2D eigenvalue weighted by molar-refractivity contribution is 9.09. The van der Waals surface area contributed by atoms with Crippen LogP contribution in [-0.4, -0.2) is 42.9 Å². The van der Waals surface area contributed by atoms with Gasteiger partial charge in [-0.3, -0.25) is 0 Å². The standard InChI is InChI=1S/C10H16BrNO5/c1-3-15-9(13)8(12-14-2)10(7-11)5-4-6-16-17-10/h3-7H2,1-2H3/b12-8+. The summed E-state index contributed by atoms with van der Waals surface area (Å²) in [7, 11) is 1.37. The van der Waals surface area contributed by atoms with Gasteiger partial charge in [-0.25, -0.2) is 14.6 Å². The Labute approximate surface area is 108 Å². The predicted molar refractivity (Wildman–Crippen MR) is 63.9 cm³/mol. The lowest BCUT2D eigenvalue weighted by molar-refractivity contribution is -0.358. The molecule has 0 aromatic carbocycles. The molecule has 17 heavy (non-hydrogen) atoms. The van der Waals surface area contributed by atoms with Crippen molar-refractivity contribution in [1.29, 1.82) is 0 Å². The van der Waals surface area contributed by atoms with Gasteiger partial charge in [-0.1, -0.05) is 21.1 Å². The number of alkyl halides is 1. The van der Waals surface area contributed by atoms with Gasteiger partial charge >= 0.3 is 5.97 Å². The normalized spacial score (nSPS) is 25.5. The first kappa shape index (κ1) is 14.4. The van der Waals surface area contributed by atoms with Crippen molar-refractivity contribution in [3.63, 3.8) is 0 Å². The molecule has 0 saturated carbocycles. The lowest BCUT2D eigenvalue weighted by Gasteiger charge is -2.33. The minimum atomic E-state index is -0.944. The first-order valence-corrected chi connectivity index (χ1v) is 6.47. The average molecular weight is 310 g/mol. The van der Waals surface area contributed by atoms with Gasteiger partial charge in [0, 0.05) is 5.33 Å². The van der Waals surface area contributed by atoms with Gasteiger partial charge in [-0.05, 0) is 19.8 Å². The Kier molecular flexibility index (Phi) is 5.87. The molecule has 0 aromatic heterocycles. The van der Waals surface area contributed by atoms with E-state index in [9.17, 15) is 4.79 Å². The second kappa shape index (κ2) is 6.93. The van der Waals surface area contributed by atoms with E-state index >= 15 is 0 Å². The molecule has 0 aromatic rings. The third kappa shape index (κ3) is 3.40. The van der Waals surface area contributed by atoms with Crippen molar-refractivity contribution >= 4 is 27.6 Å². The Morgan fingerprint density at radius 1 is 1.59 bits per heavy atom. The average Bonchev–Trinajstić information content (AvgIpc) is 2.37. The number of hydrogen-bond acceptors (Lipinski definition) is 6. The zero-order chi connectivity index (χ0) is 12.7. The van der Waals surface area contributed by atoms with E-state index in [0.717, 1.165) is 6.42 Å². The number of ether oxygens (including phenoxy) is 1. The molecule has 1 heterocycles. The van der Waals surface area contributed by atoms with Crippen LogP contribution in [0.4, 0.5) is 0 Å². The third-order valence-electron chi connectivity index (χ3n) is 2.33. The van der Waals surface area contributed by atoms with Gasteiger partial charge in [-0.15, -0.1) is 0 Å². The molecule has 7 heteroatoms. The summed E-state index contributed by atoms with van der Waals surface area (Å²) in [5, 5.41) is 4.09. The van der Waals surface area contributed by atoms with Gasteiger partial charge in [0.05, 0.1) is 13.2 Å². The highest BCUT2D eigenvalue weighted by Gasteiger charge is 2.45. The van der Waals surface area contributed by atoms with Crippen molar-refractivity contribution in [2.24, 2.45) is 5.16 Å². The van der Waals surface area contributed by atoms with Gasteiger partial charge in [-0.2, -0.15) is 0 Å². The molecule has 0 bridgehead atoms. The summed E-state index contributed by atoms with van der Waals surface area (Å²) >= 11 is 3.31. The van der Waals surface area contributed by atoms with Crippen molar-refractivity contribution < 1.29 is 24.1 Å². The fraction of sp³-hybridized carbons (Fsp3) is 0.800. The van der Waals surface area contributed by atoms with E-state index in [1.807, 2.05) is 0 Å². The van der Waals surface area contributed by atoms with Crippen molar-refractivity contribution in [2.45, 2.75) is 25.4 Å². The molecule has 0 spiro atoms. The summed E-state index contributed by atoms with van der Waals surface area (Å²) in [5.41, 5.74) is -0.862. The Morgan fingerprint density at radius 3 is 2.82 bits per heavy atom. The fourth-order valence-electron chi connectivity index (χ4n) is 1.52. The highest BCUT2D eigenvalue weighted by Crippen LogP contribution is 2.28. The van der Waals surface area contributed by atoms with Crippen LogP contribution >= 0.6 is 15.9 Å². The second-order valence-electron chi connectivity index (χ2n) is 3.48. The molecule has 0 N–H and O–H groups in total. The van der Waals surface area contributed by atoms with Crippen LogP contribution in [0.15, 0.2) is 5.16 Å². The minimum absolute atomic E-state index is 0.0819. The lowest BCUT2D eigenvalue weighted by Crippen LogP contribution is -2.50. The largest absolute Gasteiger partial charge is 0.461 e. The topological polar surface area (TPSA) is 66.4 Å². The molecule has 1 rings (SSSR count). The number of carbonyl (C=O) groups excluding carboxylic acids is 1. The maximum Gasteiger partial charge on any atom is 0.359 e. The van der Waals surface area contributed by atoms with Gasteiger partial charge in [0.1, 0.15) is 7.11 Å². The zero-order valence-electron chi connectivity index (χ0n) is 9.90. The fourth-order valence-corrected chi connectivity index (χ4v) is 2.16. The van der Waals surface area contributed by atoms with Crippen molar-refractivity contribution in [3.05, 3.63) is 0 Å². The maximum atomic E-state index is 11.8. The molecule has 0 aliphatic carbocycles. The number of halogens is 1. The van der Waals surface area contributed by atoms with E-state index < -0.39 is 11.6 Å². The van der Waals surface area contributed by atoms with E-state index in [1.165, 1.54) is 7.11 Å². The quantitative estimate of drug-likeness (QED) is 0.253. The van der Waals surface area contributed by atoms with Gasteiger partial charge in [0.2, 0.25) is 5.71 Å². The Balaban J connectivity index is 2.93. The molecular weight excluding hydrogens is 294 g/mol. The van der Waals surface area contributed by atoms with Crippen LogP contribution in [0.3, 0.4) is 0 Å². The molecule has 1 unspecified atom stereocenters.